The molecule has 0 heteroatoms. The fourth-order valence-corrected chi connectivity index (χ4v) is 19.5. The molecule has 8 aliphatic carbocycles. The quantitative estimate of drug-likeness (QED) is 0.266. The van der Waals surface area contributed by atoms with Crippen molar-refractivity contribution in [1.82, 2.24) is 0 Å². The second kappa shape index (κ2) is 13.8. The van der Waals surface area contributed by atoms with E-state index < -0.39 is 0 Å². The van der Waals surface area contributed by atoms with Crippen LogP contribution in [0.1, 0.15) is 149 Å². The number of rotatable bonds is 5. The minimum atomic E-state index is 0.911. The highest BCUT2D eigenvalue weighted by Crippen LogP contribution is 2.70. The first-order valence-electron chi connectivity index (χ1n) is 24.5. The first-order valence-corrected chi connectivity index (χ1v) is 24.5. The van der Waals surface area contributed by atoms with Crippen LogP contribution in [-0.2, 0) is 0 Å². The largest absolute Gasteiger partial charge is 0.0622 e. The molecule has 8 aliphatic rings. The van der Waals surface area contributed by atoms with E-state index in [0.717, 1.165) is 178 Å². The third kappa shape index (κ3) is 5.48. The van der Waals surface area contributed by atoms with Gasteiger partial charge in [0.05, 0.1) is 0 Å². The van der Waals surface area contributed by atoms with Gasteiger partial charge in [-0.05, 0) is 216 Å². The molecule has 298 valence electrons. The molecule has 0 aromatic rings. The average molecular weight is 715 g/mol. The Hall–Kier alpha value is 0. The van der Waals surface area contributed by atoms with Gasteiger partial charge in [0.2, 0.25) is 0 Å². The molecular weight excluding hydrogens is 625 g/mol. The van der Waals surface area contributed by atoms with Gasteiger partial charge in [-0.1, -0.05) is 111 Å². The van der Waals surface area contributed by atoms with Gasteiger partial charge >= 0.3 is 0 Å². The van der Waals surface area contributed by atoms with Gasteiger partial charge in [0.15, 0.2) is 0 Å². The predicted octanol–water partition coefficient (Wildman–Crippen LogP) is 14.2. The van der Waals surface area contributed by atoms with Crippen LogP contribution in [0.25, 0.3) is 0 Å². The molecule has 8 rings (SSSR count). The second-order valence-electron chi connectivity index (χ2n) is 24.3. The summed E-state index contributed by atoms with van der Waals surface area (Å²) in [6.07, 6.45) is 9.40. The van der Waals surface area contributed by atoms with Crippen LogP contribution in [0.4, 0.5) is 0 Å². The lowest BCUT2D eigenvalue weighted by atomic mass is 9.72. The van der Waals surface area contributed by atoms with Crippen molar-refractivity contribution in [3.8, 4) is 0 Å². The van der Waals surface area contributed by atoms with Crippen LogP contribution in [0.15, 0.2) is 0 Å². The van der Waals surface area contributed by atoms with Crippen molar-refractivity contribution in [2.24, 2.45) is 178 Å². The lowest BCUT2D eigenvalue weighted by Crippen LogP contribution is -2.27. The van der Waals surface area contributed by atoms with Crippen molar-refractivity contribution in [2.75, 3.05) is 0 Å². The lowest BCUT2D eigenvalue weighted by Gasteiger charge is -2.33. The topological polar surface area (TPSA) is 0 Å². The summed E-state index contributed by atoms with van der Waals surface area (Å²) in [5, 5.41) is 0. The molecule has 0 bridgehead atoms. The summed E-state index contributed by atoms with van der Waals surface area (Å²) >= 11 is 0. The first-order chi connectivity index (χ1) is 24.5. The van der Waals surface area contributed by atoms with E-state index in [-0.39, 0.29) is 0 Å². The van der Waals surface area contributed by atoms with Crippen LogP contribution in [0.5, 0.6) is 0 Å². The van der Waals surface area contributed by atoms with Gasteiger partial charge in [0, 0.05) is 0 Å². The maximum absolute atomic E-state index is 2.77. The summed E-state index contributed by atoms with van der Waals surface area (Å²) in [5.41, 5.74) is 0. The summed E-state index contributed by atoms with van der Waals surface area (Å²) in [6.45, 7) is 43.0. The van der Waals surface area contributed by atoms with E-state index in [4.69, 9.17) is 0 Å². The fourth-order valence-electron chi connectivity index (χ4n) is 19.5. The summed E-state index contributed by atoms with van der Waals surface area (Å²) in [4.78, 5) is 0. The van der Waals surface area contributed by atoms with Gasteiger partial charge in [-0.15, -0.1) is 0 Å². The van der Waals surface area contributed by atoms with Crippen LogP contribution in [0.3, 0.4) is 0 Å². The summed E-state index contributed by atoms with van der Waals surface area (Å²) in [6, 6.07) is 0. The predicted molar refractivity (Wildman–Crippen MR) is 223 cm³/mol. The summed E-state index contributed by atoms with van der Waals surface area (Å²) < 4.78 is 0. The van der Waals surface area contributed by atoms with Crippen LogP contribution in [-0.4, -0.2) is 0 Å². The zero-order chi connectivity index (χ0) is 37.6. The van der Waals surface area contributed by atoms with Gasteiger partial charge in [0.25, 0.3) is 0 Å². The molecule has 8 fully saturated rings. The van der Waals surface area contributed by atoms with E-state index in [1.807, 2.05) is 0 Å². The van der Waals surface area contributed by atoms with Gasteiger partial charge in [-0.3, -0.25) is 0 Å². The molecule has 0 aromatic heterocycles. The summed E-state index contributed by atoms with van der Waals surface area (Å²) in [5.74, 6) is 28.6. The zero-order valence-electron chi connectivity index (χ0n) is 37.6. The minimum absolute atomic E-state index is 0.911. The molecule has 0 aromatic carbocycles. The Kier molecular flexibility index (Phi) is 10.3. The lowest BCUT2D eigenvalue weighted by molar-refractivity contribution is 0.157. The smallest absolute Gasteiger partial charge is 0.0321 e. The Morgan fingerprint density at radius 2 is 0.365 bits per heavy atom. The zero-order valence-corrected chi connectivity index (χ0v) is 37.6. The van der Waals surface area contributed by atoms with Crippen molar-refractivity contribution in [1.29, 1.82) is 0 Å². The first kappa shape index (κ1) is 38.9. The third-order valence-corrected chi connectivity index (χ3v) is 24.0. The van der Waals surface area contributed by atoms with Crippen molar-refractivity contribution in [3.63, 3.8) is 0 Å². The molecule has 0 nitrogen and oxygen atoms in total. The molecule has 30 atom stereocenters. The van der Waals surface area contributed by atoms with E-state index in [1.165, 1.54) is 12.8 Å². The minimum Gasteiger partial charge on any atom is -0.0622 e. The molecule has 0 saturated heterocycles. The van der Waals surface area contributed by atoms with Crippen LogP contribution in [0.2, 0.25) is 0 Å². The molecule has 30 unspecified atom stereocenters. The van der Waals surface area contributed by atoms with E-state index in [0.29, 0.717) is 0 Å². The Balaban J connectivity index is 1.03. The molecule has 0 spiro atoms. The molecule has 0 N–H and O–H groups in total. The molecule has 52 heavy (non-hydrogen) atoms. The van der Waals surface area contributed by atoms with E-state index >= 15 is 0 Å². The van der Waals surface area contributed by atoms with Crippen molar-refractivity contribution < 1.29 is 0 Å². The Morgan fingerprint density at radius 3 is 0.596 bits per heavy atom. The highest BCUT2D eigenvalue weighted by molar-refractivity contribution is 5.12. The van der Waals surface area contributed by atoms with E-state index in [2.05, 4.69) is 111 Å². The maximum Gasteiger partial charge on any atom is -0.0321 e. The monoisotopic (exact) mass is 715 g/mol. The standard InChI is InChI=1S/C52H90/c1-23-17-39(29(7)25(23)3)45-21-47(51-37(15)27(5)35(13)49(45)51)43-19-41(31(9)33(43)11)42-20-44(34(12)32(42)10)48-22-46(40-18-24(2)26(4)30(40)8)50-36(14)28(6)38(16)52(48)50/h23-52H,17-22H2,1-16H3. The van der Waals surface area contributed by atoms with Crippen molar-refractivity contribution in [3.05, 3.63) is 0 Å². The Labute approximate surface area is 325 Å². The third-order valence-electron chi connectivity index (χ3n) is 24.0. The van der Waals surface area contributed by atoms with Crippen LogP contribution >= 0.6 is 0 Å². The number of fused-ring (bicyclic) bond motifs is 2. The van der Waals surface area contributed by atoms with Gasteiger partial charge in [-0.2, -0.15) is 0 Å². The normalized spacial score (nSPS) is 66.0. The number of hydrogen-bond donors (Lipinski definition) is 0. The van der Waals surface area contributed by atoms with Gasteiger partial charge in [-0.25, -0.2) is 0 Å². The van der Waals surface area contributed by atoms with Gasteiger partial charge in [0.1, 0.15) is 0 Å². The second-order valence-corrected chi connectivity index (χ2v) is 24.3. The van der Waals surface area contributed by atoms with E-state index in [1.54, 1.807) is 25.7 Å². The van der Waals surface area contributed by atoms with Crippen LogP contribution in [0, 0.1) is 178 Å². The highest BCUT2D eigenvalue weighted by atomic mass is 14.7. The molecular formula is C52H90. The van der Waals surface area contributed by atoms with Crippen molar-refractivity contribution in [2.45, 2.75) is 149 Å². The highest BCUT2D eigenvalue weighted by Gasteiger charge is 2.64. The van der Waals surface area contributed by atoms with E-state index in [9.17, 15) is 0 Å². The fraction of sp³-hybridized carbons (Fsp3) is 1.00. The Bertz CT molecular complexity index is 1170. The average Bonchev–Trinajstić information content (AvgIpc) is 3.98. The molecule has 0 amide bonds. The van der Waals surface area contributed by atoms with Crippen LogP contribution < -0.4 is 0 Å². The summed E-state index contributed by atoms with van der Waals surface area (Å²) in [7, 11) is 0. The molecule has 8 saturated carbocycles. The maximum atomic E-state index is 2.77. The molecule has 0 radical (unpaired) electrons. The number of hydrogen-bond acceptors (Lipinski definition) is 0. The van der Waals surface area contributed by atoms with Gasteiger partial charge < -0.3 is 0 Å². The Morgan fingerprint density at radius 1 is 0.173 bits per heavy atom. The van der Waals surface area contributed by atoms with Crippen molar-refractivity contribution >= 4 is 0 Å². The molecule has 0 aliphatic heterocycles. The molecule has 0 heterocycles. The SMILES string of the molecule is CC1CC(C2CC(C3CC(C4CC(C5CC(C6CC(C)C(C)C6C)C6C(C)C(C)C(C)C56)C(C)C4C)C(C)C3C)C3C(C)C(C)C(C)C23)C(C)C1C.